The van der Waals surface area contributed by atoms with E-state index in [1.54, 1.807) is 0 Å². The minimum Gasteiger partial charge on any atom is -0.510 e. The van der Waals surface area contributed by atoms with Gasteiger partial charge < -0.3 is 10.4 Å². The Morgan fingerprint density at radius 1 is 1.20 bits per heavy atom. The van der Waals surface area contributed by atoms with Gasteiger partial charge in [0.05, 0.1) is 5.57 Å². The minimum absolute atomic E-state index is 0.0463. The molecule has 1 unspecified atom stereocenters. The van der Waals surface area contributed by atoms with E-state index in [-0.39, 0.29) is 11.3 Å². The molecular weight excluding hydrogens is 207 g/mol. The Kier molecular flexibility index (Phi) is 2.10. The number of fused-ring (bicyclic) bond motifs is 1. The lowest BCUT2D eigenvalue weighted by molar-refractivity contribution is -0.0900. The molecule has 0 aromatic heterocycles. The number of nitrogens with one attached hydrogen (secondary N) is 1. The van der Waals surface area contributed by atoms with Crippen LogP contribution in [-0.2, 0) is 0 Å². The van der Waals surface area contributed by atoms with E-state index in [0.717, 1.165) is 12.2 Å². The highest BCUT2D eigenvalue weighted by atomic mass is 19.4. The predicted molar refractivity (Wildman–Crippen MR) is 49.0 cm³/mol. The Hall–Kier alpha value is -1.65. The van der Waals surface area contributed by atoms with E-state index in [0.29, 0.717) is 0 Å². The first kappa shape index (κ1) is 9.89. The molecule has 2 aliphatic rings. The molecule has 2 rings (SSSR count). The van der Waals surface area contributed by atoms with E-state index in [9.17, 15) is 18.3 Å². The molecule has 0 saturated heterocycles. The number of aliphatic hydroxyl groups is 1. The van der Waals surface area contributed by atoms with Crippen LogP contribution in [0.5, 0.6) is 0 Å². The van der Waals surface area contributed by atoms with Crippen LogP contribution < -0.4 is 5.32 Å². The molecule has 0 aromatic carbocycles. The van der Waals surface area contributed by atoms with Crippen molar-refractivity contribution in [1.29, 1.82) is 0 Å². The number of aliphatic hydroxyl groups excluding tert-OH is 1. The quantitative estimate of drug-likeness (QED) is 0.650. The van der Waals surface area contributed by atoms with Gasteiger partial charge in [0.2, 0.25) is 0 Å². The van der Waals surface area contributed by atoms with Gasteiger partial charge in [-0.15, -0.1) is 0 Å². The Labute approximate surface area is 84.1 Å². The highest BCUT2D eigenvalue weighted by Crippen LogP contribution is 2.37. The summed E-state index contributed by atoms with van der Waals surface area (Å²) in [5, 5.41) is 12.1. The van der Waals surface area contributed by atoms with Crippen molar-refractivity contribution >= 4 is 0 Å². The van der Waals surface area contributed by atoms with E-state index in [4.69, 9.17) is 0 Å². The lowest BCUT2D eigenvalue weighted by atomic mass is 9.90. The summed E-state index contributed by atoms with van der Waals surface area (Å²) in [5.74, 6) is -0.112. The molecule has 0 aromatic rings. The summed E-state index contributed by atoms with van der Waals surface area (Å²) in [7, 11) is 0. The van der Waals surface area contributed by atoms with E-state index in [1.807, 2.05) is 0 Å². The van der Waals surface area contributed by atoms with Crippen LogP contribution in [-0.4, -0.2) is 17.3 Å². The first-order valence-electron chi connectivity index (χ1n) is 4.31. The smallest absolute Gasteiger partial charge is 0.416 e. The van der Waals surface area contributed by atoms with Crippen LogP contribution in [0.1, 0.15) is 0 Å². The molecule has 0 bridgehead atoms. The van der Waals surface area contributed by atoms with Crippen molar-refractivity contribution in [3.05, 3.63) is 47.4 Å². The molecule has 0 fully saturated rings. The molecular formula is C10H8F3NO. The fourth-order valence-electron chi connectivity index (χ4n) is 1.60. The van der Waals surface area contributed by atoms with E-state index in [1.165, 1.54) is 18.4 Å². The van der Waals surface area contributed by atoms with Gasteiger partial charge in [0.25, 0.3) is 0 Å². The summed E-state index contributed by atoms with van der Waals surface area (Å²) in [5.41, 5.74) is -0.674. The number of dihydropyridines is 1. The van der Waals surface area contributed by atoms with Gasteiger partial charge in [0.1, 0.15) is 11.8 Å². The standard InChI is InChI=1S/C10H8F3NO/c11-10(12,13)7-3-4-8(15)9-6(7)2-1-5-14-9/h1-5,9,14-15H. The fourth-order valence-corrected chi connectivity index (χ4v) is 1.60. The van der Waals surface area contributed by atoms with Crippen molar-refractivity contribution < 1.29 is 18.3 Å². The third-order valence-corrected chi connectivity index (χ3v) is 2.28. The topological polar surface area (TPSA) is 32.3 Å². The zero-order valence-corrected chi connectivity index (χ0v) is 7.55. The SMILES string of the molecule is OC1=CC=C(C(F)(F)F)C2=CC=CNC12. The maximum Gasteiger partial charge on any atom is 0.416 e. The first-order chi connectivity index (χ1) is 7.00. The molecule has 0 spiro atoms. The van der Waals surface area contributed by atoms with Gasteiger partial charge in [-0.05, 0) is 30.0 Å². The van der Waals surface area contributed by atoms with Crippen LogP contribution >= 0.6 is 0 Å². The second kappa shape index (κ2) is 3.18. The average Bonchev–Trinajstić information content (AvgIpc) is 2.17. The highest BCUT2D eigenvalue weighted by Gasteiger charge is 2.40. The molecule has 15 heavy (non-hydrogen) atoms. The van der Waals surface area contributed by atoms with Crippen molar-refractivity contribution in [2.45, 2.75) is 12.2 Å². The monoisotopic (exact) mass is 215 g/mol. The summed E-state index contributed by atoms with van der Waals surface area (Å²) in [6.45, 7) is 0. The molecule has 2 N–H and O–H groups in total. The van der Waals surface area contributed by atoms with Crippen LogP contribution in [0.25, 0.3) is 0 Å². The molecule has 2 nitrogen and oxygen atoms in total. The summed E-state index contributed by atoms with van der Waals surface area (Å²) in [6.07, 6.45) is 1.88. The number of halogens is 3. The van der Waals surface area contributed by atoms with Crippen LogP contribution in [0, 0.1) is 0 Å². The Bertz CT molecular complexity index is 401. The van der Waals surface area contributed by atoms with E-state index >= 15 is 0 Å². The Balaban J connectivity index is 2.47. The molecule has 80 valence electrons. The first-order valence-corrected chi connectivity index (χ1v) is 4.31. The van der Waals surface area contributed by atoms with Gasteiger partial charge in [0.15, 0.2) is 0 Å². The maximum atomic E-state index is 12.6. The summed E-state index contributed by atoms with van der Waals surface area (Å²) in [6, 6.07) is -0.781. The molecule has 1 aliphatic carbocycles. The largest absolute Gasteiger partial charge is 0.510 e. The number of hydrogen-bond donors (Lipinski definition) is 2. The van der Waals surface area contributed by atoms with Gasteiger partial charge >= 0.3 is 6.18 Å². The molecule has 0 saturated carbocycles. The summed E-state index contributed by atoms with van der Waals surface area (Å²) in [4.78, 5) is 0. The Morgan fingerprint density at radius 2 is 1.93 bits per heavy atom. The lowest BCUT2D eigenvalue weighted by Gasteiger charge is -2.28. The third kappa shape index (κ3) is 1.65. The molecule has 0 amide bonds. The van der Waals surface area contributed by atoms with E-state index < -0.39 is 17.8 Å². The molecule has 1 aliphatic heterocycles. The highest BCUT2D eigenvalue weighted by molar-refractivity contribution is 5.51. The number of alkyl halides is 3. The third-order valence-electron chi connectivity index (χ3n) is 2.28. The maximum absolute atomic E-state index is 12.6. The summed E-state index contributed by atoms with van der Waals surface area (Å²) < 4.78 is 37.7. The van der Waals surface area contributed by atoms with Gasteiger partial charge in [-0.1, -0.05) is 6.08 Å². The Morgan fingerprint density at radius 3 is 2.60 bits per heavy atom. The second-order valence-electron chi connectivity index (χ2n) is 3.25. The van der Waals surface area contributed by atoms with Crippen LogP contribution in [0.2, 0.25) is 0 Å². The van der Waals surface area contributed by atoms with E-state index in [2.05, 4.69) is 5.32 Å². The zero-order chi connectivity index (χ0) is 11.1. The normalized spacial score (nSPS) is 24.7. The number of allylic oxidation sites excluding steroid dienone is 4. The van der Waals surface area contributed by atoms with Crippen molar-refractivity contribution in [2.75, 3.05) is 0 Å². The second-order valence-corrected chi connectivity index (χ2v) is 3.25. The average molecular weight is 215 g/mol. The number of rotatable bonds is 0. The van der Waals surface area contributed by atoms with Crippen molar-refractivity contribution in [3.63, 3.8) is 0 Å². The van der Waals surface area contributed by atoms with Crippen molar-refractivity contribution in [1.82, 2.24) is 5.32 Å². The minimum atomic E-state index is -4.39. The molecule has 1 heterocycles. The van der Waals surface area contributed by atoms with Crippen LogP contribution in [0.15, 0.2) is 47.4 Å². The van der Waals surface area contributed by atoms with Gasteiger partial charge in [0, 0.05) is 0 Å². The summed E-state index contributed by atoms with van der Waals surface area (Å²) >= 11 is 0. The van der Waals surface area contributed by atoms with Crippen LogP contribution in [0.3, 0.4) is 0 Å². The van der Waals surface area contributed by atoms with Gasteiger partial charge in [-0.2, -0.15) is 13.2 Å². The van der Waals surface area contributed by atoms with Crippen molar-refractivity contribution in [3.8, 4) is 0 Å². The molecule has 5 heteroatoms. The van der Waals surface area contributed by atoms with Gasteiger partial charge in [-0.3, -0.25) is 0 Å². The van der Waals surface area contributed by atoms with Crippen LogP contribution in [0.4, 0.5) is 13.2 Å². The number of hydrogen-bond acceptors (Lipinski definition) is 2. The fraction of sp³-hybridized carbons (Fsp3) is 0.200. The lowest BCUT2D eigenvalue weighted by Crippen LogP contribution is -2.35. The van der Waals surface area contributed by atoms with Gasteiger partial charge in [-0.25, -0.2) is 0 Å². The molecule has 0 radical (unpaired) electrons. The zero-order valence-electron chi connectivity index (χ0n) is 7.55. The van der Waals surface area contributed by atoms with Crippen molar-refractivity contribution in [2.24, 2.45) is 0 Å². The molecule has 1 atom stereocenters. The predicted octanol–water partition coefficient (Wildman–Crippen LogP) is 2.34.